The second-order valence-corrected chi connectivity index (χ2v) is 6.90. The number of hydrogen-bond acceptors (Lipinski definition) is 6. The normalized spacial score (nSPS) is 11.5. The Bertz CT molecular complexity index is 1250. The van der Waals surface area contributed by atoms with E-state index in [1.165, 1.54) is 0 Å². The number of rotatable bonds is 4. The minimum atomic E-state index is 0.329. The average Bonchev–Trinajstić information content (AvgIpc) is 3.30. The lowest BCUT2D eigenvalue weighted by atomic mass is 10.1. The molecule has 0 fully saturated rings. The summed E-state index contributed by atoms with van der Waals surface area (Å²) in [5.41, 5.74) is 6.72. The van der Waals surface area contributed by atoms with Gasteiger partial charge in [0.15, 0.2) is 11.5 Å². The molecule has 8 heteroatoms. The van der Waals surface area contributed by atoms with E-state index < -0.39 is 0 Å². The quantitative estimate of drug-likeness (QED) is 0.444. The Kier molecular flexibility index (Phi) is 3.75. The van der Waals surface area contributed by atoms with Gasteiger partial charge in [-0.3, -0.25) is 15.1 Å². The van der Waals surface area contributed by atoms with Crippen molar-refractivity contribution in [3.63, 3.8) is 0 Å². The van der Waals surface area contributed by atoms with Gasteiger partial charge in [0.2, 0.25) is 0 Å². The number of pyridine rings is 3. The summed E-state index contributed by atoms with van der Waals surface area (Å²) in [5, 5.41) is 10.8. The van der Waals surface area contributed by atoms with Gasteiger partial charge in [0.25, 0.3) is 0 Å². The highest BCUT2D eigenvalue weighted by molar-refractivity contribution is 5.91. The SMILES string of the molecule is CC(C)Nc1cncc(-c2ccc3[nH]nc(-c4nc5cnccc5[nH]4)c3n2)c1. The van der Waals surface area contributed by atoms with Gasteiger partial charge in [0.1, 0.15) is 11.0 Å². The van der Waals surface area contributed by atoms with E-state index >= 15 is 0 Å². The zero-order chi connectivity index (χ0) is 19.1. The predicted molar refractivity (Wildman–Crippen MR) is 109 cm³/mol. The molecule has 5 heterocycles. The third-order valence-corrected chi connectivity index (χ3v) is 4.41. The van der Waals surface area contributed by atoms with Crippen LogP contribution in [0.5, 0.6) is 0 Å². The zero-order valence-electron chi connectivity index (χ0n) is 15.4. The molecule has 28 heavy (non-hydrogen) atoms. The second-order valence-electron chi connectivity index (χ2n) is 6.90. The van der Waals surface area contributed by atoms with Crippen LogP contribution in [0.25, 0.3) is 44.8 Å². The summed E-state index contributed by atoms with van der Waals surface area (Å²) in [4.78, 5) is 21.2. The van der Waals surface area contributed by atoms with Crippen molar-refractivity contribution in [2.24, 2.45) is 0 Å². The van der Waals surface area contributed by atoms with E-state index in [-0.39, 0.29) is 0 Å². The summed E-state index contributed by atoms with van der Waals surface area (Å²) in [5.74, 6) is 0.659. The van der Waals surface area contributed by atoms with Gasteiger partial charge in [-0.25, -0.2) is 9.97 Å². The molecule has 0 aromatic carbocycles. The third-order valence-electron chi connectivity index (χ3n) is 4.41. The van der Waals surface area contributed by atoms with Crippen molar-refractivity contribution in [3.05, 3.63) is 49.1 Å². The van der Waals surface area contributed by atoms with E-state index in [2.05, 4.69) is 49.3 Å². The average molecular weight is 370 g/mol. The van der Waals surface area contributed by atoms with Crippen LogP contribution < -0.4 is 5.32 Å². The smallest absolute Gasteiger partial charge is 0.161 e. The standard InChI is InChI=1S/C20H18N8/c1-11(2)23-13-7-12(8-22-9-13)14-3-4-16-18(24-14)19(28-27-16)20-25-15-5-6-21-10-17(15)26-20/h3-11,23H,1-2H3,(H,25,26)(H,27,28). The van der Waals surface area contributed by atoms with Gasteiger partial charge in [-0.05, 0) is 38.1 Å². The maximum Gasteiger partial charge on any atom is 0.161 e. The van der Waals surface area contributed by atoms with Gasteiger partial charge in [-0.1, -0.05) is 0 Å². The number of H-pyrrole nitrogens is 2. The Morgan fingerprint density at radius 2 is 1.89 bits per heavy atom. The van der Waals surface area contributed by atoms with Gasteiger partial charge >= 0.3 is 0 Å². The molecule has 3 N–H and O–H groups in total. The van der Waals surface area contributed by atoms with Gasteiger partial charge < -0.3 is 10.3 Å². The highest BCUT2D eigenvalue weighted by Gasteiger charge is 2.15. The largest absolute Gasteiger partial charge is 0.382 e. The molecule has 0 radical (unpaired) electrons. The molecule has 5 aromatic heterocycles. The lowest BCUT2D eigenvalue weighted by molar-refractivity contribution is 0.898. The lowest BCUT2D eigenvalue weighted by Crippen LogP contribution is -2.09. The first-order valence-corrected chi connectivity index (χ1v) is 9.04. The second kappa shape index (κ2) is 6.41. The zero-order valence-corrected chi connectivity index (χ0v) is 15.4. The minimum Gasteiger partial charge on any atom is -0.382 e. The van der Waals surface area contributed by atoms with Crippen LogP contribution in [-0.2, 0) is 0 Å². The van der Waals surface area contributed by atoms with Crippen LogP contribution in [-0.4, -0.2) is 41.2 Å². The number of anilines is 1. The summed E-state index contributed by atoms with van der Waals surface area (Å²) >= 11 is 0. The molecule has 0 amide bonds. The van der Waals surface area contributed by atoms with Crippen molar-refractivity contribution in [1.82, 2.24) is 35.1 Å². The molecule has 5 aromatic rings. The van der Waals surface area contributed by atoms with Crippen LogP contribution in [0.4, 0.5) is 5.69 Å². The Hall–Kier alpha value is -3.81. The van der Waals surface area contributed by atoms with Crippen LogP contribution in [0.3, 0.4) is 0 Å². The summed E-state index contributed by atoms with van der Waals surface area (Å²) in [7, 11) is 0. The van der Waals surface area contributed by atoms with Gasteiger partial charge in [-0.15, -0.1) is 0 Å². The van der Waals surface area contributed by atoms with E-state index in [1.54, 1.807) is 12.4 Å². The molecule has 0 atom stereocenters. The monoisotopic (exact) mass is 370 g/mol. The Labute approximate surface area is 160 Å². The first-order valence-electron chi connectivity index (χ1n) is 9.04. The van der Waals surface area contributed by atoms with Crippen molar-refractivity contribution in [3.8, 4) is 22.8 Å². The number of aromatic nitrogens is 7. The number of imidazole rings is 1. The Morgan fingerprint density at radius 1 is 0.964 bits per heavy atom. The topological polar surface area (TPSA) is 108 Å². The lowest BCUT2D eigenvalue weighted by Gasteiger charge is -2.10. The van der Waals surface area contributed by atoms with E-state index in [1.807, 2.05) is 36.7 Å². The van der Waals surface area contributed by atoms with Crippen LogP contribution in [0.1, 0.15) is 13.8 Å². The number of aromatic amines is 2. The van der Waals surface area contributed by atoms with Crippen molar-refractivity contribution in [1.29, 1.82) is 0 Å². The number of nitrogens with one attached hydrogen (secondary N) is 3. The van der Waals surface area contributed by atoms with Crippen molar-refractivity contribution in [2.45, 2.75) is 19.9 Å². The summed E-state index contributed by atoms with van der Waals surface area (Å²) in [6, 6.07) is 8.20. The molecule has 0 bridgehead atoms. The van der Waals surface area contributed by atoms with Gasteiger partial charge in [0.05, 0.1) is 28.6 Å². The first-order chi connectivity index (χ1) is 13.7. The Balaban J connectivity index is 1.60. The maximum absolute atomic E-state index is 4.84. The molecule has 0 spiro atoms. The summed E-state index contributed by atoms with van der Waals surface area (Å²) in [6.45, 7) is 4.19. The van der Waals surface area contributed by atoms with Crippen LogP contribution in [0, 0.1) is 0 Å². The van der Waals surface area contributed by atoms with Crippen molar-refractivity contribution < 1.29 is 0 Å². The first kappa shape index (κ1) is 16.4. The highest BCUT2D eigenvalue weighted by Crippen LogP contribution is 2.28. The third kappa shape index (κ3) is 2.84. The highest BCUT2D eigenvalue weighted by atomic mass is 15.1. The van der Waals surface area contributed by atoms with Crippen LogP contribution in [0.15, 0.2) is 49.1 Å². The fourth-order valence-corrected chi connectivity index (χ4v) is 3.19. The van der Waals surface area contributed by atoms with E-state index in [4.69, 9.17) is 4.98 Å². The number of nitrogens with zero attached hydrogens (tertiary/aromatic N) is 5. The fraction of sp³-hybridized carbons (Fsp3) is 0.150. The van der Waals surface area contributed by atoms with Crippen LogP contribution >= 0.6 is 0 Å². The van der Waals surface area contributed by atoms with Crippen molar-refractivity contribution >= 4 is 27.8 Å². The molecule has 5 rings (SSSR count). The molecule has 0 aliphatic rings. The molecule has 8 nitrogen and oxygen atoms in total. The summed E-state index contributed by atoms with van der Waals surface area (Å²) < 4.78 is 0. The number of hydrogen-bond donors (Lipinski definition) is 3. The van der Waals surface area contributed by atoms with Crippen molar-refractivity contribution in [2.75, 3.05) is 5.32 Å². The number of fused-ring (bicyclic) bond motifs is 2. The molecule has 0 saturated carbocycles. The van der Waals surface area contributed by atoms with E-state index in [0.29, 0.717) is 17.6 Å². The molecule has 0 unspecified atom stereocenters. The molecule has 0 aliphatic carbocycles. The van der Waals surface area contributed by atoms with Gasteiger partial charge in [0, 0.05) is 30.2 Å². The Morgan fingerprint density at radius 3 is 2.75 bits per heavy atom. The minimum absolute atomic E-state index is 0.329. The van der Waals surface area contributed by atoms with E-state index in [9.17, 15) is 0 Å². The fourth-order valence-electron chi connectivity index (χ4n) is 3.19. The molecule has 0 aliphatic heterocycles. The predicted octanol–water partition coefficient (Wildman–Crippen LogP) is 3.78. The van der Waals surface area contributed by atoms with Crippen LogP contribution in [0.2, 0.25) is 0 Å². The molecular weight excluding hydrogens is 352 g/mol. The summed E-state index contributed by atoms with van der Waals surface area (Å²) in [6.07, 6.45) is 7.08. The van der Waals surface area contributed by atoms with Gasteiger partial charge in [-0.2, -0.15) is 5.10 Å². The molecule has 138 valence electrons. The van der Waals surface area contributed by atoms with E-state index in [0.717, 1.165) is 39.0 Å². The molecular formula is C20H18N8. The maximum atomic E-state index is 4.84. The molecule has 0 saturated heterocycles.